The molecule has 1 heterocycles. The zero-order chi connectivity index (χ0) is 6.69. The van der Waals surface area contributed by atoms with Gasteiger partial charge < -0.3 is 10.6 Å². The maximum Gasteiger partial charge on any atom is 0.0105 e. The normalized spacial score (nSPS) is 24.0. The van der Waals surface area contributed by atoms with Crippen molar-refractivity contribution in [1.29, 1.82) is 0 Å². The standard InChI is InChI=1S/C7H16N2.2ClH/c1-9-6-2-3-7(9)4-5-8;;/h7H,2-6,8H2,1H3;2*1H/t7-;;/m1../s1. The molecule has 1 rings (SSSR count). The Hall–Kier alpha value is 0.500. The minimum atomic E-state index is 0. The van der Waals surface area contributed by atoms with E-state index in [2.05, 4.69) is 11.9 Å². The third-order valence-electron chi connectivity index (χ3n) is 2.17. The highest BCUT2D eigenvalue weighted by molar-refractivity contribution is 5.85. The summed E-state index contributed by atoms with van der Waals surface area (Å²) in [5, 5.41) is 0. The van der Waals surface area contributed by atoms with Crippen LogP contribution in [0.25, 0.3) is 0 Å². The van der Waals surface area contributed by atoms with Gasteiger partial charge in [-0.05, 0) is 39.4 Å². The fourth-order valence-electron chi connectivity index (χ4n) is 1.54. The summed E-state index contributed by atoms with van der Waals surface area (Å²) in [6, 6.07) is 0.787. The molecule has 4 heteroatoms. The van der Waals surface area contributed by atoms with Crippen LogP contribution in [-0.4, -0.2) is 31.1 Å². The van der Waals surface area contributed by atoms with Crippen molar-refractivity contribution in [2.24, 2.45) is 5.73 Å². The lowest BCUT2D eigenvalue weighted by Crippen LogP contribution is -2.27. The lowest BCUT2D eigenvalue weighted by atomic mass is 10.1. The Labute approximate surface area is 81.3 Å². The van der Waals surface area contributed by atoms with Crippen molar-refractivity contribution in [2.45, 2.75) is 25.3 Å². The number of likely N-dealkylation sites (tertiary alicyclic amines) is 1. The number of nitrogens with two attached hydrogens (primary N) is 1. The SMILES string of the molecule is CN1CCC[C@@H]1CCN.Cl.Cl. The Morgan fingerprint density at radius 2 is 2.09 bits per heavy atom. The molecule has 1 aliphatic heterocycles. The number of halogens is 2. The molecule has 0 aliphatic carbocycles. The fourth-order valence-corrected chi connectivity index (χ4v) is 1.54. The summed E-state index contributed by atoms with van der Waals surface area (Å²) >= 11 is 0. The molecule has 0 saturated carbocycles. The van der Waals surface area contributed by atoms with Crippen LogP contribution in [0, 0.1) is 0 Å². The van der Waals surface area contributed by atoms with E-state index in [0.29, 0.717) is 0 Å². The number of nitrogens with zero attached hydrogens (tertiary/aromatic N) is 1. The van der Waals surface area contributed by atoms with Gasteiger partial charge in [-0.2, -0.15) is 0 Å². The molecular formula is C7H18Cl2N2. The molecule has 0 amide bonds. The molecule has 1 fully saturated rings. The molecule has 0 aromatic rings. The van der Waals surface area contributed by atoms with Gasteiger partial charge in [0.2, 0.25) is 0 Å². The van der Waals surface area contributed by atoms with Crippen LogP contribution in [0.15, 0.2) is 0 Å². The van der Waals surface area contributed by atoms with E-state index in [4.69, 9.17) is 5.73 Å². The largest absolute Gasteiger partial charge is 0.330 e. The van der Waals surface area contributed by atoms with Gasteiger partial charge in [0.15, 0.2) is 0 Å². The highest BCUT2D eigenvalue weighted by Crippen LogP contribution is 2.16. The van der Waals surface area contributed by atoms with Crippen molar-refractivity contribution < 1.29 is 0 Å². The molecule has 2 nitrogen and oxygen atoms in total. The van der Waals surface area contributed by atoms with Crippen LogP contribution in [-0.2, 0) is 0 Å². The van der Waals surface area contributed by atoms with Gasteiger partial charge in [-0.3, -0.25) is 0 Å². The number of hydrogen-bond acceptors (Lipinski definition) is 2. The van der Waals surface area contributed by atoms with E-state index in [9.17, 15) is 0 Å². The van der Waals surface area contributed by atoms with Crippen molar-refractivity contribution in [3.8, 4) is 0 Å². The highest BCUT2D eigenvalue weighted by atomic mass is 35.5. The summed E-state index contributed by atoms with van der Waals surface area (Å²) in [5.74, 6) is 0. The molecule has 70 valence electrons. The number of rotatable bonds is 2. The smallest absolute Gasteiger partial charge is 0.0105 e. The van der Waals surface area contributed by atoms with Crippen LogP contribution in [0.4, 0.5) is 0 Å². The molecular weight excluding hydrogens is 183 g/mol. The van der Waals surface area contributed by atoms with Crippen molar-refractivity contribution in [1.82, 2.24) is 4.90 Å². The second-order valence-electron chi connectivity index (χ2n) is 2.85. The third kappa shape index (κ3) is 4.16. The molecule has 11 heavy (non-hydrogen) atoms. The Bertz CT molecular complexity index is 90.5. The molecule has 2 N–H and O–H groups in total. The zero-order valence-corrected chi connectivity index (χ0v) is 8.59. The monoisotopic (exact) mass is 200 g/mol. The lowest BCUT2D eigenvalue weighted by Gasteiger charge is -2.17. The van der Waals surface area contributed by atoms with E-state index < -0.39 is 0 Å². The average molecular weight is 201 g/mol. The molecule has 0 aromatic heterocycles. The minimum absolute atomic E-state index is 0. The second kappa shape index (κ2) is 7.17. The summed E-state index contributed by atoms with van der Waals surface area (Å²) in [5.41, 5.74) is 5.44. The van der Waals surface area contributed by atoms with Crippen molar-refractivity contribution in [3.05, 3.63) is 0 Å². The second-order valence-corrected chi connectivity index (χ2v) is 2.85. The van der Waals surface area contributed by atoms with E-state index in [-0.39, 0.29) is 24.8 Å². The fraction of sp³-hybridized carbons (Fsp3) is 1.00. The van der Waals surface area contributed by atoms with Gasteiger partial charge in [0.1, 0.15) is 0 Å². The topological polar surface area (TPSA) is 29.3 Å². The van der Waals surface area contributed by atoms with E-state index >= 15 is 0 Å². The Morgan fingerprint density at radius 3 is 2.45 bits per heavy atom. The van der Waals surface area contributed by atoms with Crippen LogP contribution >= 0.6 is 24.8 Å². The average Bonchev–Trinajstić information content (AvgIpc) is 2.18. The Morgan fingerprint density at radius 1 is 1.45 bits per heavy atom. The number of hydrogen-bond donors (Lipinski definition) is 1. The molecule has 1 saturated heterocycles. The zero-order valence-electron chi connectivity index (χ0n) is 6.95. The first-order valence-electron chi connectivity index (χ1n) is 3.75. The first kappa shape index (κ1) is 14.0. The Balaban J connectivity index is 0. The van der Waals surface area contributed by atoms with Crippen LogP contribution in [0.2, 0.25) is 0 Å². The Kier molecular flexibility index (Phi) is 9.15. The van der Waals surface area contributed by atoms with Gasteiger partial charge >= 0.3 is 0 Å². The van der Waals surface area contributed by atoms with Crippen molar-refractivity contribution >= 4 is 24.8 Å². The molecule has 1 atom stereocenters. The molecule has 0 radical (unpaired) electrons. The van der Waals surface area contributed by atoms with Crippen LogP contribution in [0.3, 0.4) is 0 Å². The van der Waals surface area contributed by atoms with Crippen molar-refractivity contribution in [2.75, 3.05) is 20.1 Å². The van der Waals surface area contributed by atoms with E-state index in [1.807, 2.05) is 0 Å². The third-order valence-corrected chi connectivity index (χ3v) is 2.17. The van der Waals surface area contributed by atoms with Crippen LogP contribution < -0.4 is 5.73 Å². The predicted molar refractivity (Wildman–Crippen MR) is 53.8 cm³/mol. The molecule has 0 bridgehead atoms. The minimum Gasteiger partial charge on any atom is -0.330 e. The molecule has 0 spiro atoms. The molecule has 0 aromatic carbocycles. The summed E-state index contributed by atoms with van der Waals surface area (Å²) in [7, 11) is 2.19. The van der Waals surface area contributed by atoms with E-state index in [1.54, 1.807) is 0 Å². The predicted octanol–water partition coefficient (Wildman–Crippen LogP) is 1.27. The highest BCUT2D eigenvalue weighted by Gasteiger charge is 2.18. The van der Waals surface area contributed by atoms with E-state index in [1.165, 1.54) is 25.8 Å². The maximum atomic E-state index is 5.44. The quantitative estimate of drug-likeness (QED) is 0.729. The summed E-state index contributed by atoms with van der Waals surface area (Å²) in [4.78, 5) is 2.41. The summed E-state index contributed by atoms with van der Waals surface area (Å²) in [6.45, 7) is 2.11. The van der Waals surface area contributed by atoms with Gasteiger partial charge in [0, 0.05) is 6.04 Å². The van der Waals surface area contributed by atoms with E-state index in [0.717, 1.165) is 12.6 Å². The lowest BCUT2D eigenvalue weighted by molar-refractivity contribution is 0.299. The maximum absolute atomic E-state index is 5.44. The summed E-state index contributed by atoms with van der Waals surface area (Å²) < 4.78 is 0. The molecule has 1 aliphatic rings. The van der Waals surface area contributed by atoms with Crippen LogP contribution in [0.1, 0.15) is 19.3 Å². The summed E-state index contributed by atoms with van der Waals surface area (Å²) in [6.07, 6.45) is 3.89. The van der Waals surface area contributed by atoms with Crippen LogP contribution in [0.5, 0.6) is 0 Å². The van der Waals surface area contributed by atoms with Gasteiger partial charge in [-0.15, -0.1) is 24.8 Å². The first-order chi connectivity index (χ1) is 4.34. The van der Waals surface area contributed by atoms with Gasteiger partial charge in [0.05, 0.1) is 0 Å². The first-order valence-corrected chi connectivity index (χ1v) is 3.75. The molecule has 0 unspecified atom stereocenters. The van der Waals surface area contributed by atoms with Gasteiger partial charge in [-0.25, -0.2) is 0 Å². The van der Waals surface area contributed by atoms with Gasteiger partial charge in [0.25, 0.3) is 0 Å². The van der Waals surface area contributed by atoms with Crippen molar-refractivity contribution in [3.63, 3.8) is 0 Å². The van der Waals surface area contributed by atoms with Gasteiger partial charge in [-0.1, -0.05) is 0 Å².